The minimum Gasteiger partial charge on any atom is -0.341 e. The molecule has 2 N–H and O–H groups in total. The van der Waals surface area contributed by atoms with Crippen LogP contribution < -0.4 is 4.72 Å². The molecule has 15 heavy (non-hydrogen) atoms. The molecule has 0 aromatic carbocycles. The van der Waals surface area contributed by atoms with Gasteiger partial charge < -0.3 is 4.98 Å². The van der Waals surface area contributed by atoms with Gasteiger partial charge in [-0.2, -0.15) is 9.97 Å². The van der Waals surface area contributed by atoms with Gasteiger partial charge in [0, 0.05) is 0 Å². The molecule has 0 amide bonds. The van der Waals surface area contributed by atoms with E-state index < -0.39 is 10.0 Å². The molecule has 2 aromatic rings. The highest BCUT2D eigenvalue weighted by molar-refractivity contribution is 7.91. The van der Waals surface area contributed by atoms with Crippen LogP contribution in [0.25, 0.3) is 11.2 Å². The minimum absolute atomic E-state index is 0.0953. The number of imidazole rings is 1. The Hall–Kier alpha value is -1.41. The summed E-state index contributed by atoms with van der Waals surface area (Å²) in [5, 5.41) is 0.114. The fraction of sp³-hybridized carbons (Fsp3) is 0.167. The minimum atomic E-state index is -3.42. The molecule has 0 radical (unpaired) electrons. The predicted molar refractivity (Wildman–Crippen MR) is 55.2 cm³/mol. The van der Waals surface area contributed by atoms with Crippen molar-refractivity contribution < 1.29 is 8.42 Å². The second kappa shape index (κ2) is 3.31. The Kier molecular flexibility index (Phi) is 2.24. The predicted octanol–water partition coefficient (Wildman–Crippen LogP) is 0.378. The summed E-state index contributed by atoms with van der Waals surface area (Å²) >= 11 is 5.78. The van der Waals surface area contributed by atoms with Gasteiger partial charge >= 0.3 is 0 Å². The van der Waals surface area contributed by atoms with Crippen molar-refractivity contribution in [2.75, 3.05) is 11.0 Å². The molecular weight excluding hydrogens is 242 g/mol. The first kappa shape index (κ1) is 10.1. The smallest absolute Gasteiger partial charge is 0.240 e. The summed E-state index contributed by atoms with van der Waals surface area (Å²) in [5.41, 5.74) is 0.775. The lowest BCUT2D eigenvalue weighted by atomic mass is 10.6. The lowest BCUT2D eigenvalue weighted by Gasteiger charge is -2.01. The Bertz CT molecular complexity index is 607. The number of nitrogens with one attached hydrogen (secondary N) is 2. The highest BCUT2D eigenvalue weighted by atomic mass is 35.5. The number of aromatic nitrogens is 4. The molecule has 7 nitrogen and oxygen atoms in total. The van der Waals surface area contributed by atoms with Crippen LogP contribution in [0, 0.1) is 0 Å². The quantitative estimate of drug-likeness (QED) is 0.747. The van der Waals surface area contributed by atoms with Crippen molar-refractivity contribution in [3.8, 4) is 0 Å². The van der Waals surface area contributed by atoms with E-state index >= 15 is 0 Å². The third-order valence-corrected chi connectivity index (χ3v) is 2.35. The average Bonchev–Trinajstić information content (AvgIpc) is 2.48. The fourth-order valence-corrected chi connectivity index (χ4v) is 1.65. The van der Waals surface area contributed by atoms with Gasteiger partial charge in [0.1, 0.15) is 5.52 Å². The molecule has 0 aliphatic rings. The van der Waals surface area contributed by atoms with Crippen molar-refractivity contribution in [2.45, 2.75) is 0 Å². The van der Waals surface area contributed by atoms with Crippen LogP contribution in [-0.4, -0.2) is 34.6 Å². The van der Waals surface area contributed by atoms with Gasteiger partial charge in [-0.1, -0.05) is 11.6 Å². The number of aromatic amines is 1. The highest BCUT2D eigenvalue weighted by Gasteiger charge is 2.10. The second-order valence-corrected chi connectivity index (χ2v) is 4.92. The van der Waals surface area contributed by atoms with Crippen LogP contribution >= 0.6 is 11.6 Å². The van der Waals surface area contributed by atoms with Crippen molar-refractivity contribution in [3.63, 3.8) is 0 Å². The maximum atomic E-state index is 10.9. The number of fused-ring (bicyclic) bond motifs is 1. The Labute approximate surface area is 90.0 Å². The molecule has 2 rings (SSSR count). The summed E-state index contributed by atoms with van der Waals surface area (Å²) in [4.78, 5) is 14.2. The zero-order valence-corrected chi connectivity index (χ0v) is 9.09. The number of H-pyrrole nitrogens is 1. The Balaban J connectivity index is 2.54. The van der Waals surface area contributed by atoms with E-state index in [9.17, 15) is 8.42 Å². The van der Waals surface area contributed by atoms with Gasteiger partial charge in [0.15, 0.2) is 10.8 Å². The number of anilines is 1. The van der Waals surface area contributed by atoms with Crippen LogP contribution in [0.3, 0.4) is 0 Å². The van der Waals surface area contributed by atoms with Crippen molar-refractivity contribution >= 4 is 38.7 Å². The first-order valence-corrected chi connectivity index (χ1v) is 6.07. The third-order valence-electron chi connectivity index (χ3n) is 1.52. The number of sulfonamides is 1. The third kappa shape index (κ3) is 2.16. The summed E-state index contributed by atoms with van der Waals surface area (Å²) in [6, 6.07) is 0. The molecule has 0 spiro atoms. The second-order valence-electron chi connectivity index (χ2n) is 2.81. The van der Waals surface area contributed by atoms with Crippen molar-refractivity contribution in [1.82, 2.24) is 19.9 Å². The molecular formula is C6H6ClN5O2S. The van der Waals surface area contributed by atoms with Gasteiger partial charge in [-0.25, -0.2) is 13.4 Å². The van der Waals surface area contributed by atoms with Gasteiger partial charge in [0.2, 0.25) is 16.0 Å². The van der Waals surface area contributed by atoms with Crippen LogP contribution in [0.4, 0.5) is 5.95 Å². The molecule has 0 aliphatic carbocycles. The molecule has 0 saturated carbocycles. The standard InChI is InChI=1S/C6H6ClN5O2S/c1-15(13,14)12-6-10-4(7)3-5(11-6)9-2-8-3/h2H,1H3,(H2,8,9,10,11,12). The van der Waals surface area contributed by atoms with Crippen LogP contribution in [0.1, 0.15) is 0 Å². The van der Waals surface area contributed by atoms with Crippen molar-refractivity contribution in [2.24, 2.45) is 0 Å². The summed E-state index contributed by atoms with van der Waals surface area (Å²) in [6.07, 6.45) is 2.40. The number of rotatable bonds is 2. The zero-order valence-electron chi connectivity index (χ0n) is 7.52. The summed E-state index contributed by atoms with van der Waals surface area (Å²) in [6.45, 7) is 0. The van der Waals surface area contributed by atoms with Crippen LogP contribution in [0.15, 0.2) is 6.33 Å². The maximum Gasteiger partial charge on any atom is 0.240 e. The Morgan fingerprint density at radius 2 is 2.20 bits per heavy atom. The fourth-order valence-electron chi connectivity index (χ4n) is 1.01. The molecule has 9 heteroatoms. The molecule has 2 heterocycles. The monoisotopic (exact) mass is 247 g/mol. The molecule has 0 aliphatic heterocycles. The molecule has 0 fully saturated rings. The molecule has 0 unspecified atom stereocenters. The lowest BCUT2D eigenvalue weighted by molar-refractivity contribution is 0.606. The van der Waals surface area contributed by atoms with E-state index in [0.717, 1.165) is 6.26 Å². The lowest BCUT2D eigenvalue weighted by Crippen LogP contribution is -2.12. The van der Waals surface area contributed by atoms with Crippen LogP contribution in [0.2, 0.25) is 5.15 Å². The van der Waals surface area contributed by atoms with Gasteiger partial charge in [-0.15, -0.1) is 0 Å². The van der Waals surface area contributed by atoms with E-state index in [4.69, 9.17) is 11.6 Å². The van der Waals surface area contributed by atoms with Crippen molar-refractivity contribution in [3.05, 3.63) is 11.5 Å². The van der Waals surface area contributed by atoms with Gasteiger partial charge in [-0.05, 0) is 0 Å². The SMILES string of the molecule is CS(=O)(=O)Nc1nc(Cl)c2[nH]cnc2n1. The summed E-state index contributed by atoms with van der Waals surface area (Å²) < 4.78 is 24.0. The number of hydrogen-bond acceptors (Lipinski definition) is 5. The summed E-state index contributed by atoms with van der Waals surface area (Å²) in [5.74, 6) is -0.0953. The van der Waals surface area contributed by atoms with E-state index in [1.54, 1.807) is 0 Å². The van der Waals surface area contributed by atoms with E-state index in [2.05, 4.69) is 24.7 Å². The summed E-state index contributed by atoms with van der Waals surface area (Å²) in [7, 11) is -3.42. The van der Waals surface area contributed by atoms with E-state index in [0.29, 0.717) is 11.2 Å². The number of nitrogens with zero attached hydrogens (tertiary/aromatic N) is 3. The normalized spacial score (nSPS) is 11.9. The molecule has 2 aromatic heterocycles. The Morgan fingerprint density at radius 3 is 2.87 bits per heavy atom. The van der Waals surface area contributed by atoms with Crippen LogP contribution in [-0.2, 0) is 10.0 Å². The van der Waals surface area contributed by atoms with Crippen molar-refractivity contribution in [1.29, 1.82) is 0 Å². The van der Waals surface area contributed by atoms with Gasteiger partial charge in [0.25, 0.3) is 0 Å². The van der Waals surface area contributed by atoms with E-state index in [1.807, 2.05) is 0 Å². The number of halogens is 1. The highest BCUT2D eigenvalue weighted by Crippen LogP contribution is 2.18. The molecule has 0 bridgehead atoms. The zero-order chi connectivity index (χ0) is 11.1. The molecule has 0 saturated heterocycles. The van der Waals surface area contributed by atoms with Crippen LogP contribution in [0.5, 0.6) is 0 Å². The maximum absolute atomic E-state index is 10.9. The Morgan fingerprint density at radius 1 is 1.47 bits per heavy atom. The van der Waals surface area contributed by atoms with E-state index in [1.165, 1.54) is 6.33 Å². The first-order chi connectivity index (χ1) is 6.96. The average molecular weight is 248 g/mol. The molecule has 0 atom stereocenters. The van der Waals surface area contributed by atoms with Gasteiger partial charge in [-0.3, -0.25) is 4.72 Å². The number of hydrogen-bond donors (Lipinski definition) is 2. The first-order valence-electron chi connectivity index (χ1n) is 3.80. The molecule has 80 valence electrons. The van der Waals surface area contributed by atoms with Gasteiger partial charge in [0.05, 0.1) is 12.6 Å². The topological polar surface area (TPSA) is 101 Å². The van der Waals surface area contributed by atoms with E-state index in [-0.39, 0.29) is 11.1 Å². The largest absolute Gasteiger partial charge is 0.341 e.